The highest BCUT2D eigenvalue weighted by atomic mass is 32.2. The number of pyridine rings is 1. The Kier molecular flexibility index (Phi) is 4.23. The predicted octanol–water partition coefficient (Wildman–Crippen LogP) is 0.917. The van der Waals surface area contributed by atoms with Crippen molar-refractivity contribution in [3.63, 3.8) is 0 Å². The van der Waals surface area contributed by atoms with Crippen LogP contribution in [0.4, 0.5) is 5.69 Å². The van der Waals surface area contributed by atoms with Gasteiger partial charge in [0.1, 0.15) is 0 Å². The summed E-state index contributed by atoms with van der Waals surface area (Å²) in [6, 6.07) is 1.59. The van der Waals surface area contributed by atoms with E-state index in [-0.39, 0.29) is 6.61 Å². The molecule has 1 rings (SSSR count). The second-order valence-corrected chi connectivity index (χ2v) is 7.98. The summed E-state index contributed by atoms with van der Waals surface area (Å²) in [6.45, 7) is -0.107. The standard InChI is InChI=1S/C9H14N2O4S2/c1-16(2,12)11-9-4-8(5-10-6-9)7-15-17(3,13)14/h4-6H,7H2,1-3H3. The fourth-order valence-corrected chi connectivity index (χ4v) is 1.99. The zero-order valence-corrected chi connectivity index (χ0v) is 11.4. The van der Waals surface area contributed by atoms with E-state index in [1.54, 1.807) is 6.07 Å². The molecule has 0 N–H and O–H groups in total. The van der Waals surface area contributed by atoms with Crippen molar-refractivity contribution in [3.8, 4) is 0 Å². The Hall–Kier alpha value is -0.990. The lowest BCUT2D eigenvalue weighted by Gasteiger charge is -2.02. The number of hydrogen-bond acceptors (Lipinski definition) is 6. The summed E-state index contributed by atoms with van der Waals surface area (Å²) >= 11 is 0. The molecule has 0 unspecified atom stereocenters. The van der Waals surface area contributed by atoms with E-state index in [0.29, 0.717) is 11.3 Å². The second kappa shape index (κ2) is 5.11. The summed E-state index contributed by atoms with van der Waals surface area (Å²) in [5.74, 6) is 0. The molecular formula is C9H14N2O4S2. The van der Waals surface area contributed by atoms with Crippen LogP contribution >= 0.6 is 0 Å². The quantitative estimate of drug-likeness (QED) is 0.764. The van der Waals surface area contributed by atoms with Crippen LogP contribution in [0.25, 0.3) is 0 Å². The van der Waals surface area contributed by atoms with Gasteiger partial charge < -0.3 is 0 Å². The molecule has 1 heterocycles. The van der Waals surface area contributed by atoms with Crippen molar-refractivity contribution in [2.45, 2.75) is 6.61 Å². The molecule has 0 spiro atoms. The van der Waals surface area contributed by atoms with Crippen molar-refractivity contribution >= 4 is 25.5 Å². The lowest BCUT2D eigenvalue weighted by atomic mass is 10.3. The maximum absolute atomic E-state index is 11.5. The molecule has 8 heteroatoms. The monoisotopic (exact) mass is 278 g/mol. The Balaban J connectivity index is 2.91. The smallest absolute Gasteiger partial charge is 0.264 e. The normalized spacial score (nSPS) is 12.4. The van der Waals surface area contributed by atoms with Crippen LogP contribution in [0.2, 0.25) is 0 Å². The summed E-state index contributed by atoms with van der Waals surface area (Å²) in [6.07, 6.45) is 6.91. The van der Waals surface area contributed by atoms with Gasteiger partial charge in [-0.15, -0.1) is 0 Å². The molecule has 1 aromatic heterocycles. The van der Waals surface area contributed by atoms with Crippen LogP contribution < -0.4 is 0 Å². The molecular weight excluding hydrogens is 264 g/mol. The van der Waals surface area contributed by atoms with Crippen LogP contribution in [0.1, 0.15) is 5.56 Å². The minimum Gasteiger partial charge on any atom is -0.265 e. The largest absolute Gasteiger partial charge is 0.265 e. The molecule has 17 heavy (non-hydrogen) atoms. The van der Waals surface area contributed by atoms with E-state index in [2.05, 4.69) is 13.5 Å². The van der Waals surface area contributed by atoms with Crippen LogP contribution in [-0.2, 0) is 30.6 Å². The minimum absolute atomic E-state index is 0.107. The molecule has 0 atom stereocenters. The third-order valence-electron chi connectivity index (χ3n) is 1.55. The van der Waals surface area contributed by atoms with Gasteiger partial charge in [0.2, 0.25) is 0 Å². The highest BCUT2D eigenvalue weighted by Gasteiger charge is 2.04. The molecule has 0 saturated heterocycles. The summed E-state index contributed by atoms with van der Waals surface area (Å²) in [7, 11) is -5.75. The molecule has 0 bridgehead atoms. The third kappa shape index (κ3) is 6.35. The minimum atomic E-state index is -3.49. The highest BCUT2D eigenvalue weighted by Crippen LogP contribution is 2.15. The Bertz CT molecular complexity index is 608. The summed E-state index contributed by atoms with van der Waals surface area (Å²) in [4.78, 5) is 3.88. The van der Waals surface area contributed by atoms with E-state index in [9.17, 15) is 12.6 Å². The third-order valence-corrected chi connectivity index (χ3v) is 2.74. The Morgan fingerprint density at radius 2 is 1.88 bits per heavy atom. The van der Waals surface area contributed by atoms with E-state index in [0.717, 1.165) is 6.26 Å². The molecule has 96 valence electrons. The number of hydrogen-bond donors (Lipinski definition) is 0. The number of aromatic nitrogens is 1. The SMILES string of the molecule is CS(=O)(=O)OCc1cncc(N=S(C)(C)=O)c1. The average molecular weight is 278 g/mol. The lowest BCUT2D eigenvalue weighted by molar-refractivity contribution is 0.311. The van der Waals surface area contributed by atoms with Crippen molar-refractivity contribution in [3.05, 3.63) is 24.0 Å². The van der Waals surface area contributed by atoms with Crippen LogP contribution in [-0.4, -0.2) is 36.4 Å². The molecule has 0 aliphatic carbocycles. The first-order valence-electron chi connectivity index (χ1n) is 4.61. The van der Waals surface area contributed by atoms with E-state index < -0.39 is 19.8 Å². The van der Waals surface area contributed by atoms with Crippen molar-refractivity contribution in [2.75, 3.05) is 18.8 Å². The van der Waals surface area contributed by atoms with Gasteiger partial charge >= 0.3 is 0 Å². The summed E-state index contributed by atoms with van der Waals surface area (Å²) < 4.78 is 41.7. The van der Waals surface area contributed by atoms with Crippen LogP contribution in [0.15, 0.2) is 22.8 Å². The topological polar surface area (TPSA) is 85.7 Å². The number of nitrogens with zero attached hydrogens (tertiary/aromatic N) is 2. The molecule has 0 saturated carbocycles. The molecule has 1 aromatic rings. The molecule has 0 fully saturated rings. The lowest BCUT2D eigenvalue weighted by Crippen LogP contribution is -2.02. The molecule has 0 aliphatic rings. The molecule has 0 amide bonds. The van der Waals surface area contributed by atoms with Gasteiger partial charge in [-0.3, -0.25) is 9.17 Å². The van der Waals surface area contributed by atoms with Crippen LogP contribution in [0.5, 0.6) is 0 Å². The van der Waals surface area contributed by atoms with Crippen molar-refractivity contribution < 1.29 is 16.8 Å². The maximum atomic E-state index is 11.5. The fourth-order valence-electron chi connectivity index (χ4n) is 1.03. The van der Waals surface area contributed by atoms with Crippen molar-refractivity contribution in [1.29, 1.82) is 0 Å². The van der Waals surface area contributed by atoms with E-state index >= 15 is 0 Å². The van der Waals surface area contributed by atoms with Crippen molar-refractivity contribution in [2.24, 2.45) is 4.36 Å². The van der Waals surface area contributed by atoms with Gasteiger partial charge in [-0.25, -0.2) is 4.21 Å². The van der Waals surface area contributed by atoms with E-state index in [1.165, 1.54) is 24.9 Å². The van der Waals surface area contributed by atoms with Gasteiger partial charge in [-0.2, -0.15) is 12.8 Å². The first-order chi connectivity index (χ1) is 7.66. The van der Waals surface area contributed by atoms with E-state index in [1.807, 2.05) is 0 Å². The van der Waals surface area contributed by atoms with E-state index in [4.69, 9.17) is 0 Å². The Morgan fingerprint density at radius 3 is 2.41 bits per heavy atom. The summed E-state index contributed by atoms with van der Waals surface area (Å²) in [5.41, 5.74) is 0.995. The first-order valence-corrected chi connectivity index (χ1v) is 8.76. The van der Waals surface area contributed by atoms with Gasteiger partial charge in [0.25, 0.3) is 10.1 Å². The Labute approximate surface area is 101 Å². The second-order valence-electron chi connectivity index (χ2n) is 3.79. The fraction of sp³-hybridized carbons (Fsp3) is 0.444. The molecule has 0 radical (unpaired) electrons. The molecule has 0 aliphatic heterocycles. The van der Waals surface area contributed by atoms with Gasteiger partial charge in [0, 0.05) is 28.4 Å². The van der Waals surface area contributed by atoms with Crippen LogP contribution in [0.3, 0.4) is 0 Å². The Morgan fingerprint density at radius 1 is 1.24 bits per heavy atom. The van der Waals surface area contributed by atoms with Gasteiger partial charge in [-0.05, 0) is 11.6 Å². The first kappa shape index (κ1) is 14.1. The zero-order valence-electron chi connectivity index (χ0n) is 9.78. The highest BCUT2D eigenvalue weighted by molar-refractivity contribution is 7.92. The number of rotatable bonds is 4. The van der Waals surface area contributed by atoms with Crippen LogP contribution in [0, 0.1) is 0 Å². The van der Waals surface area contributed by atoms with Gasteiger partial charge in [0.15, 0.2) is 0 Å². The predicted molar refractivity (Wildman–Crippen MR) is 65.9 cm³/mol. The molecule has 0 aromatic carbocycles. The van der Waals surface area contributed by atoms with Crippen molar-refractivity contribution in [1.82, 2.24) is 4.98 Å². The average Bonchev–Trinajstić information content (AvgIpc) is 2.11. The molecule has 6 nitrogen and oxygen atoms in total. The maximum Gasteiger partial charge on any atom is 0.264 e. The zero-order chi connectivity index (χ0) is 13.1. The van der Waals surface area contributed by atoms with Gasteiger partial charge in [0.05, 0.1) is 24.7 Å². The summed E-state index contributed by atoms with van der Waals surface area (Å²) in [5, 5.41) is 0. The van der Waals surface area contributed by atoms with Gasteiger partial charge in [-0.1, -0.05) is 0 Å².